The normalized spacial score (nSPS) is 3.60. The Labute approximate surface area is 78.3 Å². The zero-order valence-electron chi connectivity index (χ0n) is 4.71. The van der Waals surface area contributed by atoms with Crippen molar-refractivity contribution in [1.29, 1.82) is 0 Å². The summed E-state index contributed by atoms with van der Waals surface area (Å²) in [5, 5.41) is 0. The second kappa shape index (κ2) is 16.7. The van der Waals surface area contributed by atoms with E-state index in [4.69, 9.17) is 0 Å². The molecule has 5 heavy (non-hydrogen) atoms. The average molecular weight is 90.1 g/mol. The maximum atomic E-state index is 2.12. The summed E-state index contributed by atoms with van der Waals surface area (Å²) >= 11 is 0. The van der Waals surface area contributed by atoms with Crippen molar-refractivity contribution in [2.24, 2.45) is 0 Å². The van der Waals surface area contributed by atoms with Gasteiger partial charge in [0.15, 0.2) is 0 Å². The molecule has 0 saturated carbocycles. The van der Waals surface area contributed by atoms with Crippen LogP contribution in [0.5, 0.6) is 0 Å². The summed E-state index contributed by atoms with van der Waals surface area (Å²) in [6.45, 7) is 4.25. The third-order valence-electron chi connectivity index (χ3n) is 0. The summed E-state index contributed by atoms with van der Waals surface area (Å²) in [5.74, 6) is 0. The molecule has 0 atom stereocenters. The van der Waals surface area contributed by atoms with Crippen molar-refractivity contribution in [3.63, 3.8) is 0 Å². The van der Waals surface area contributed by atoms with E-state index in [9.17, 15) is 0 Å². The van der Waals surface area contributed by atoms with Gasteiger partial charge >= 0.3 is 0 Å². The van der Waals surface area contributed by atoms with E-state index < -0.39 is 0 Å². The van der Waals surface area contributed by atoms with E-state index in [-0.39, 0.29) is 59.1 Å². The van der Waals surface area contributed by atoms with E-state index in [0.29, 0.717) is 0 Å². The Kier molecular flexibility index (Phi) is 52.5. The third-order valence-corrected chi connectivity index (χ3v) is 0. The summed E-state index contributed by atoms with van der Waals surface area (Å²) in [5.41, 5.74) is 0. The molecule has 0 bridgehead atoms. The molecule has 0 fully saturated rings. The van der Waals surface area contributed by atoms with Crippen LogP contribution >= 0.6 is 0 Å². The first-order chi connectivity index (χ1) is 1.41. The molecule has 0 aromatic rings. The van der Waals surface area contributed by atoms with Crippen molar-refractivity contribution < 1.29 is 0 Å². The van der Waals surface area contributed by atoms with Gasteiger partial charge in [0.25, 0.3) is 0 Å². The van der Waals surface area contributed by atoms with Crippen LogP contribution < -0.4 is 0 Å². The van der Waals surface area contributed by atoms with Crippen molar-refractivity contribution >= 4 is 59.1 Å². The molecule has 0 nitrogen and oxygen atoms in total. The van der Waals surface area contributed by atoms with E-state index in [1.807, 2.05) is 0 Å². The monoisotopic (exact) mass is 90.0 g/mol. The average Bonchev–Trinajstić information content (AvgIpc) is 0.918. The minimum atomic E-state index is 0. The zero-order chi connectivity index (χ0) is 2.71. The van der Waals surface area contributed by atoms with Gasteiger partial charge in [0, 0.05) is 59.1 Å². The van der Waals surface area contributed by atoms with Crippen LogP contribution in [-0.4, -0.2) is 59.1 Å². The summed E-state index contributed by atoms with van der Waals surface area (Å²) in [7, 11) is 0. The Bertz CT molecular complexity index is 4.85. The Hall–Kier alpha value is 2.00. The maximum Gasteiger partial charge on any atom is 0 e. The first-order valence-electron chi connectivity index (χ1n) is 1.41. The Balaban J connectivity index is -0.0000000200. The predicted octanol–water partition coefficient (Wildman–Crippen LogP) is 0.655. The maximum absolute atomic E-state index is 2.12. The summed E-state index contributed by atoms with van der Waals surface area (Å²) in [6.07, 6.45) is 1.25. The van der Waals surface area contributed by atoms with Gasteiger partial charge in [-0.05, 0) is 0 Å². The molecule has 0 aromatic carbocycles. The Morgan fingerprint density at radius 3 is 1.00 bits per heavy atom. The fourth-order valence-corrected chi connectivity index (χ4v) is 0. The number of hydrogen-bond donors (Lipinski definition) is 0. The Morgan fingerprint density at radius 2 is 1.00 bits per heavy atom. The number of hydrogen-bond acceptors (Lipinski definition) is 0. The third kappa shape index (κ3) is 24.0. The van der Waals surface area contributed by atoms with Gasteiger partial charge < -0.3 is 0 Å². The van der Waals surface area contributed by atoms with Gasteiger partial charge in [-0.1, -0.05) is 20.3 Å². The van der Waals surface area contributed by atoms with Crippen LogP contribution in [0.3, 0.4) is 0 Å². The van der Waals surface area contributed by atoms with Gasteiger partial charge in [0.1, 0.15) is 0 Å². The van der Waals surface area contributed by atoms with Crippen LogP contribution in [-0.2, 0) is 0 Å². The molecule has 0 aromatic heterocycles. The van der Waals surface area contributed by atoms with Crippen LogP contribution in [0.1, 0.15) is 20.3 Å². The molecule has 22 valence electrons. The van der Waals surface area contributed by atoms with Gasteiger partial charge in [-0.25, -0.2) is 0 Å². The quantitative estimate of drug-likeness (QED) is 0.383. The molecule has 2 heteroatoms. The Morgan fingerprint density at radius 1 is 1.00 bits per heavy atom. The number of rotatable bonds is 0. The summed E-state index contributed by atoms with van der Waals surface area (Å²) in [6, 6.07) is 0. The van der Waals surface area contributed by atoms with Crippen molar-refractivity contribution in [1.82, 2.24) is 0 Å². The minimum absolute atomic E-state index is 0. The largest absolute Gasteiger partial charge is 0.0656 e. The molecule has 0 aliphatic heterocycles. The molecular formula is C3H8Na2. The standard InChI is InChI=1S/C3H8.2Na/c1-3-2;;/h3H2,1-2H3;;. The van der Waals surface area contributed by atoms with Gasteiger partial charge in [0.2, 0.25) is 0 Å². The van der Waals surface area contributed by atoms with Crippen LogP contribution in [0.2, 0.25) is 0 Å². The van der Waals surface area contributed by atoms with E-state index in [0.717, 1.165) is 0 Å². The molecule has 0 spiro atoms. The van der Waals surface area contributed by atoms with Crippen LogP contribution in [0.25, 0.3) is 0 Å². The minimum Gasteiger partial charge on any atom is -0.0656 e. The molecular weight excluding hydrogens is 82.0 g/mol. The molecule has 0 rings (SSSR count). The zero-order valence-corrected chi connectivity index (χ0v) is 8.71. The van der Waals surface area contributed by atoms with Gasteiger partial charge in [-0.3, -0.25) is 0 Å². The predicted molar refractivity (Wildman–Crippen MR) is 27.5 cm³/mol. The second-order valence-electron chi connectivity index (χ2n) is 0.707. The molecule has 2 radical (unpaired) electrons. The van der Waals surface area contributed by atoms with E-state index in [2.05, 4.69) is 13.8 Å². The van der Waals surface area contributed by atoms with Crippen LogP contribution in [0.4, 0.5) is 0 Å². The van der Waals surface area contributed by atoms with Gasteiger partial charge in [0.05, 0.1) is 0 Å². The molecule has 0 amide bonds. The fraction of sp³-hybridized carbons (Fsp3) is 1.00. The van der Waals surface area contributed by atoms with Crippen molar-refractivity contribution in [2.45, 2.75) is 20.3 Å². The fourth-order valence-electron chi connectivity index (χ4n) is 0. The van der Waals surface area contributed by atoms with E-state index in [1.54, 1.807) is 0 Å². The van der Waals surface area contributed by atoms with Crippen molar-refractivity contribution in [3.05, 3.63) is 0 Å². The molecule has 0 unspecified atom stereocenters. The molecule has 0 N–H and O–H groups in total. The van der Waals surface area contributed by atoms with Crippen LogP contribution in [0.15, 0.2) is 0 Å². The molecule has 0 heterocycles. The first kappa shape index (κ1) is 15.8. The van der Waals surface area contributed by atoms with Gasteiger partial charge in [-0.2, -0.15) is 0 Å². The summed E-state index contributed by atoms with van der Waals surface area (Å²) in [4.78, 5) is 0. The first-order valence-corrected chi connectivity index (χ1v) is 1.41. The van der Waals surface area contributed by atoms with Gasteiger partial charge in [-0.15, -0.1) is 0 Å². The van der Waals surface area contributed by atoms with E-state index in [1.165, 1.54) is 6.42 Å². The topological polar surface area (TPSA) is 0 Å². The van der Waals surface area contributed by atoms with Crippen molar-refractivity contribution in [2.75, 3.05) is 0 Å². The molecule has 0 saturated heterocycles. The molecule has 0 aliphatic carbocycles. The molecule has 0 aliphatic rings. The van der Waals surface area contributed by atoms with Crippen LogP contribution in [0, 0.1) is 0 Å². The van der Waals surface area contributed by atoms with Crippen molar-refractivity contribution in [3.8, 4) is 0 Å². The smallest absolute Gasteiger partial charge is 0 e. The summed E-state index contributed by atoms with van der Waals surface area (Å²) < 4.78 is 0. The van der Waals surface area contributed by atoms with E-state index >= 15 is 0 Å². The SMILES string of the molecule is CCC.[Na].[Na]. The second-order valence-corrected chi connectivity index (χ2v) is 0.707.